The predicted octanol–water partition coefficient (Wildman–Crippen LogP) is 3.23. The molecular formula is C18H17N5O2. The number of aryl methyl sites for hydroxylation is 1. The van der Waals surface area contributed by atoms with Crippen LogP contribution in [0.3, 0.4) is 0 Å². The van der Waals surface area contributed by atoms with Gasteiger partial charge in [0, 0.05) is 18.0 Å². The maximum atomic E-state index is 11.3. The molecule has 0 aliphatic rings. The lowest BCUT2D eigenvalue weighted by Crippen LogP contribution is -2.08. The molecule has 0 unspecified atom stereocenters. The fourth-order valence-electron chi connectivity index (χ4n) is 2.30. The molecule has 0 saturated carbocycles. The minimum Gasteiger partial charge on any atom is -0.478 e. The van der Waals surface area contributed by atoms with Crippen molar-refractivity contribution in [1.29, 1.82) is 0 Å². The topological polar surface area (TPSA) is 100 Å². The van der Waals surface area contributed by atoms with E-state index in [1.54, 1.807) is 36.5 Å². The number of rotatable bonds is 6. The number of pyridine rings is 1. The number of anilines is 3. The molecule has 3 rings (SSSR count). The van der Waals surface area contributed by atoms with Gasteiger partial charge in [-0.3, -0.25) is 4.98 Å². The molecule has 0 amide bonds. The molecule has 0 fully saturated rings. The Labute approximate surface area is 144 Å². The van der Waals surface area contributed by atoms with Crippen molar-refractivity contribution in [2.75, 3.05) is 10.6 Å². The second-order valence-corrected chi connectivity index (χ2v) is 5.37. The normalized spacial score (nSPS) is 10.3. The maximum Gasteiger partial charge on any atom is 0.337 e. The first-order valence-corrected chi connectivity index (χ1v) is 7.70. The average Bonchev–Trinajstić information content (AvgIpc) is 2.61. The van der Waals surface area contributed by atoms with Crippen LogP contribution < -0.4 is 10.6 Å². The lowest BCUT2D eigenvalue weighted by atomic mass is 10.2. The van der Waals surface area contributed by atoms with E-state index in [0.29, 0.717) is 24.0 Å². The van der Waals surface area contributed by atoms with Crippen LogP contribution in [0.2, 0.25) is 0 Å². The van der Waals surface area contributed by atoms with E-state index >= 15 is 0 Å². The predicted molar refractivity (Wildman–Crippen MR) is 95.0 cm³/mol. The third-order valence-corrected chi connectivity index (χ3v) is 3.43. The van der Waals surface area contributed by atoms with Crippen molar-refractivity contribution in [3.63, 3.8) is 0 Å². The van der Waals surface area contributed by atoms with E-state index in [9.17, 15) is 9.90 Å². The highest BCUT2D eigenvalue weighted by molar-refractivity contribution is 5.95. The zero-order valence-electron chi connectivity index (χ0n) is 13.6. The van der Waals surface area contributed by atoms with Crippen molar-refractivity contribution in [3.05, 3.63) is 71.7 Å². The minimum atomic E-state index is -0.998. The highest BCUT2D eigenvalue weighted by Gasteiger charge is 2.10. The number of aromatic nitrogens is 3. The summed E-state index contributed by atoms with van der Waals surface area (Å²) < 4.78 is 0. The van der Waals surface area contributed by atoms with Gasteiger partial charge in [0.15, 0.2) is 0 Å². The summed E-state index contributed by atoms with van der Waals surface area (Å²) in [5.74, 6) is -0.0342. The van der Waals surface area contributed by atoms with Crippen molar-refractivity contribution in [2.45, 2.75) is 13.5 Å². The molecule has 25 heavy (non-hydrogen) atoms. The number of carboxylic acids is 1. The van der Waals surface area contributed by atoms with Gasteiger partial charge in [0.25, 0.3) is 0 Å². The Kier molecular flexibility index (Phi) is 4.84. The summed E-state index contributed by atoms with van der Waals surface area (Å²) in [5, 5.41) is 15.4. The van der Waals surface area contributed by atoms with Crippen LogP contribution in [0.1, 0.15) is 21.7 Å². The van der Waals surface area contributed by atoms with Crippen molar-refractivity contribution in [2.24, 2.45) is 0 Å². The summed E-state index contributed by atoms with van der Waals surface area (Å²) in [5.41, 5.74) is 2.29. The van der Waals surface area contributed by atoms with Crippen LogP contribution in [0, 0.1) is 6.92 Å². The van der Waals surface area contributed by atoms with E-state index in [4.69, 9.17) is 0 Å². The molecule has 0 aliphatic carbocycles. The van der Waals surface area contributed by atoms with E-state index in [1.165, 1.54) is 0 Å². The smallest absolute Gasteiger partial charge is 0.337 e. The molecule has 0 aliphatic heterocycles. The summed E-state index contributed by atoms with van der Waals surface area (Å²) in [6, 6.07) is 14.1. The van der Waals surface area contributed by atoms with Gasteiger partial charge in [-0.2, -0.15) is 4.98 Å². The summed E-state index contributed by atoms with van der Waals surface area (Å²) in [6.07, 6.45) is 1.73. The van der Waals surface area contributed by atoms with Crippen LogP contribution in [-0.2, 0) is 6.54 Å². The molecule has 0 bridgehead atoms. The Hall–Kier alpha value is -3.48. The molecular weight excluding hydrogens is 318 g/mol. The first-order valence-electron chi connectivity index (χ1n) is 7.70. The quantitative estimate of drug-likeness (QED) is 0.636. The fourth-order valence-corrected chi connectivity index (χ4v) is 2.30. The van der Waals surface area contributed by atoms with Crippen LogP contribution in [0.4, 0.5) is 17.5 Å². The Morgan fingerprint density at radius 1 is 1.12 bits per heavy atom. The summed E-state index contributed by atoms with van der Waals surface area (Å²) in [6.45, 7) is 2.34. The standard InChI is InChI=1S/C18H17N5O2/c1-12-10-16(22-15-8-3-2-7-14(15)17(24)25)23-18(21-12)20-11-13-6-4-5-9-19-13/h2-10H,11H2,1H3,(H,24,25)(H2,20,21,22,23). The minimum absolute atomic E-state index is 0.182. The van der Waals surface area contributed by atoms with Gasteiger partial charge in [0.2, 0.25) is 5.95 Å². The number of hydrogen-bond donors (Lipinski definition) is 3. The van der Waals surface area contributed by atoms with Crippen LogP contribution in [0.5, 0.6) is 0 Å². The zero-order chi connectivity index (χ0) is 17.6. The summed E-state index contributed by atoms with van der Waals surface area (Å²) >= 11 is 0. The molecule has 3 aromatic rings. The Morgan fingerprint density at radius 2 is 1.92 bits per heavy atom. The number of para-hydroxylation sites is 1. The van der Waals surface area contributed by atoms with Gasteiger partial charge in [-0.05, 0) is 31.2 Å². The summed E-state index contributed by atoms with van der Waals surface area (Å²) in [7, 11) is 0. The molecule has 7 nitrogen and oxygen atoms in total. The molecule has 7 heteroatoms. The van der Waals surface area contributed by atoms with E-state index in [2.05, 4.69) is 25.6 Å². The molecule has 0 spiro atoms. The number of nitrogens with one attached hydrogen (secondary N) is 2. The van der Waals surface area contributed by atoms with Crippen molar-refractivity contribution in [1.82, 2.24) is 15.0 Å². The average molecular weight is 335 g/mol. The maximum absolute atomic E-state index is 11.3. The largest absolute Gasteiger partial charge is 0.478 e. The van der Waals surface area contributed by atoms with Gasteiger partial charge in [0.1, 0.15) is 5.82 Å². The highest BCUT2D eigenvalue weighted by atomic mass is 16.4. The highest BCUT2D eigenvalue weighted by Crippen LogP contribution is 2.21. The lowest BCUT2D eigenvalue weighted by Gasteiger charge is -2.11. The van der Waals surface area contributed by atoms with Crippen LogP contribution in [0.25, 0.3) is 0 Å². The molecule has 0 radical (unpaired) electrons. The van der Waals surface area contributed by atoms with Crippen LogP contribution >= 0.6 is 0 Å². The molecule has 3 N–H and O–H groups in total. The molecule has 2 heterocycles. The van der Waals surface area contributed by atoms with E-state index in [-0.39, 0.29) is 5.56 Å². The third-order valence-electron chi connectivity index (χ3n) is 3.43. The van der Waals surface area contributed by atoms with Crippen LogP contribution in [-0.4, -0.2) is 26.0 Å². The summed E-state index contributed by atoms with van der Waals surface area (Å²) in [4.78, 5) is 24.3. The Morgan fingerprint density at radius 3 is 2.68 bits per heavy atom. The molecule has 126 valence electrons. The van der Waals surface area contributed by atoms with Gasteiger partial charge >= 0.3 is 5.97 Å². The number of aromatic carboxylic acids is 1. The van der Waals surface area contributed by atoms with Gasteiger partial charge in [0.05, 0.1) is 23.5 Å². The molecule has 0 saturated heterocycles. The fraction of sp³-hybridized carbons (Fsp3) is 0.111. The molecule has 1 aromatic carbocycles. The third kappa shape index (κ3) is 4.29. The first kappa shape index (κ1) is 16.4. The molecule has 2 aromatic heterocycles. The van der Waals surface area contributed by atoms with E-state index < -0.39 is 5.97 Å². The molecule has 0 atom stereocenters. The number of carboxylic acid groups (broad SMARTS) is 1. The SMILES string of the molecule is Cc1cc(Nc2ccccc2C(=O)O)nc(NCc2ccccn2)n1. The zero-order valence-corrected chi connectivity index (χ0v) is 13.6. The van der Waals surface area contributed by atoms with Gasteiger partial charge in [-0.25, -0.2) is 9.78 Å². The van der Waals surface area contributed by atoms with Gasteiger partial charge in [-0.1, -0.05) is 18.2 Å². The van der Waals surface area contributed by atoms with E-state index in [0.717, 1.165) is 11.4 Å². The van der Waals surface area contributed by atoms with Crippen LogP contribution in [0.15, 0.2) is 54.7 Å². The lowest BCUT2D eigenvalue weighted by molar-refractivity contribution is 0.0698. The first-order chi connectivity index (χ1) is 12.1. The van der Waals surface area contributed by atoms with Gasteiger partial charge in [-0.15, -0.1) is 0 Å². The van der Waals surface area contributed by atoms with Crippen molar-refractivity contribution >= 4 is 23.4 Å². The number of benzene rings is 1. The second kappa shape index (κ2) is 7.39. The number of nitrogens with zero attached hydrogens (tertiary/aromatic N) is 3. The van der Waals surface area contributed by atoms with Crippen molar-refractivity contribution in [3.8, 4) is 0 Å². The number of hydrogen-bond acceptors (Lipinski definition) is 6. The van der Waals surface area contributed by atoms with E-state index in [1.807, 2.05) is 25.1 Å². The van der Waals surface area contributed by atoms with Crippen molar-refractivity contribution < 1.29 is 9.90 Å². The Bertz CT molecular complexity index is 884. The Balaban J connectivity index is 1.79. The number of carbonyl (C=O) groups is 1. The monoisotopic (exact) mass is 335 g/mol. The van der Waals surface area contributed by atoms with Gasteiger partial charge < -0.3 is 15.7 Å². The second-order valence-electron chi connectivity index (χ2n) is 5.37.